The first-order valence-corrected chi connectivity index (χ1v) is 8.60. The summed E-state index contributed by atoms with van der Waals surface area (Å²) in [4.78, 5) is 16.2. The minimum Gasteiger partial charge on any atom is -0.435 e. The van der Waals surface area contributed by atoms with Crippen LogP contribution in [0.4, 0.5) is 8.78 Å². The molecule has 2 aliphatic heterocycles. The lowest BCUT2D eigenvalue weighted by atomic mass is 9.87. The van der Waals surface area contributed by atoms with Crippen molar-refractivity contribution in [2.75, 3.05) is 33.3 Å². The van der Waals surface area contributed by atoms with Gasteiger partial charge >= 0.3 is 6.61 Å². The molecule has 1 aromatic rings. The molecule has 138 valence electrons. The molecule has 0 unspecified atom stereocenters. The standard InChI is InChI=1S/C18H24F2N2O3/c1-21-10-11-24-18(12-16(21)23)6-8-22(9-7-18)13-14-2-4-15(5-3-14)25-17(19)20/h2-5,17H,6-13H2,1H3. The molecule has 2 fully saturated rings. The van der Waals surface area contributed by atoms with Gasteiger partial charge in [-0.2, -0.15) is 8.78 Å². The molecule has 25 heavy (non-hydrogen) atoms. The van der Waals surface area contributed by atoms with Gasteiger partial charge in [0.2, 0.25) is 5.91 Å². The Morgan fingerprint density at radius 2 is 1.88 bits per heavy atom. The molecule has 0 N–H and O–H groups in total. The van der Waals surface area contributed by atoms with Gasteiger partial charge in [0.25, 0.3) is 0 Å². The van der Waals surface area contributed by atoms with E-state index in [-0.39, 0.29) is 17.3 Å². The second kappa shape index (κ2) is 7.66. The van der Waals surface area contributed by atoms with Crippen LogP contribution in [0.2, 0.25) is 0 Å². The van der Waals surface area contributed by atoms with Crippen LogP contribution in [-0.4, -0.2) is 61.2 Å². The Kier molecular flexibility index (Phi) is 5.54. The number of likely N-dealkylation sites (N-methyl/N-ethyl adjacent to an activating group) is 1. The van der Waals surface area contributed by atoms with E-state index in [2.05, 4.69) is 9.64 Å². The van der Waals surface area contributed by atoms with Crippen LogP contribution < -0.4 is 4.74 Å². The highest BCUT2D eigenvalue weighted by Gasteiger charge is 2.39. The summed E-state index contributed by atoms with van der Waals surface area (Å²) < 4.78 is 34.8. The number of halogens is 2. The van der Waals surface area contributed by atoms with Gasteiger partial charge in [-0.05, 0) is 30.5 Å². The summed E-state index contributed by atoms with van der Waals surface area (Å²) in [5.41, 5.74) is 0.725. The van der Waals surface area contributed by atoms with E-state index in [0.29, 0.717) is 19.6 Å². The lowest BCUT2D eigenvalue weighted by molar-refractivity contribution is -0.134. The largest absolute Gasteiger partial charge is 0.435 e. The molecule has 2 saturated heterocycles. The van der Waals surface area contributed by atoms with Crippen molar-refractivity contribution >= 4 is 5.91 Å². The Bertz CT molecular complexity index is 586. The van der Waals surface area contributed by atoms with Gasteiger partial charge in [-0.1, -0.05) is 12.1 Å². The van der Waals surface area contributed by atoms with Crippen LogP contribution in [0, 0.1) is 0 Å². The van der Waals surface area contributed by atoms with Crippen molar-refractivity contribution in [2.24, 2.45) is 0 Å². The van der Waals surface area contributed by atoms with E-state index in [1.165, 1.54) is 0 Å². The second-order valence-electron chi connectivity index (χ2n) is 6.82. The van der Waals surface area contributed by atoms with Crippen LogP contribution in [0.15, 0.2) is 24.3 Å². The zero-order valence-electron chi connectivity index (χ0n) is 14.4. The smallest absolute Gasteiger partial charge is 0.387 e. The fourth-order valence-electron chi connectivity index (χ4n) is 3.46. The SMILES string of the molecule is CN1CCOC2(CCN(Cc3ccc(OC(F)F)cc3)CC2)CC1=O. The maximum atomic E-state index is 12.2. The molecule has 0 saturated carbocycles. The van der Waals surface area contributed by atoms with Gasteiger partial charge in [-0.25, -0.2) is 0 Å². The number of benzene rings is 1. The van der Waals surface area contributed by atoms with Crippen LogP contribution in [-0.2, 0) is 16.1 Å². The highest BCUT2D eigenvalue weighted by Crippen LogP contribution is 2.32. The molecule has 0 bridgehead atoms. The summed E-state index contributed by atoms with van der Waals surface area (Å²) in [5, 5.41) is 0. The van der Waals surface area contributed by atoms with Crippen molar-refractivity contribution < 1.29 is 23.0 Å². The van der Waals surface area contributed by atoms with Gasteiger partial charge in [0, 0.05) is 33.2 Å². The Balaban J connectivity index is 1.53. The molecule has 0 atom stereocenters. The molecule has 2 heterocycles. The van der Waals surface area contributed by atoms with Gasteiger partial charge in [0.15, 0.2) is 0 Å². The lowest BCUT2D eigenvalue weighted by Crippen LogP contribution is -2.46. The molecule has 1 amide bonds. The number of piperidine rings is 1. The zero-order valence-corrected chi connectivity index (χ0v) is 14.4. The quantitative estimate of drug-likeness (QED) is 0.833. The summed E-state index contributed by atoms with van der Waals surface area (Å²) in [6.07, 6.45) is 2.12. The number of hydrogen-bond acceptors (Lipinski definition) is 4. The number of ether oxygens (including phenoxy) is 2. The van der Waals surface area contributed by atoms with Crippen LogP contribution in [0.1, 0.15) is 24.8 Å². The van der Waals surface area contributed by atoms with Gasteiger partial charge < -0.3 is 14.4 Å². The number of hydrogen-bond donors (Lipinski definition) is 0. The van der Waals surface area contributed by atoms with E-state index >= 15 is 0 Å². The number of nitrogens with zero attached hydrogens (tertiary/aromatic N) is 2. The number of rotatable bonds is 4. The van der Waals surface area contributed by atoms with E-state index in [1.807, 2.05) is 19.2 Å². The van der Waals surface area contributed by atoms with Crippen LogP contribution >= 0.6 is 0 Å². The Morgan fingerprint density at radius 1 is 1.20 bits per heavy atom. The van der Waals surface area contributed by atoms with E-state index in [4.69, 9.17) is 4.74 Å². The first-order valence-electron chi connectivity index (χ1n) is 8.60. The van der Waals surface area contributed by atoms with Gasteiger partial charge in [0.1, 0.15) is 5.75 Å². The van der Waals surface area contributed by atoms with E-state index < -0.39 is 6.61 Å². The molecule has 2 aliphatic rings. The van der Waals surface area contributed by atoms with Crippen molar-refractivity contribution in [3.8, 4) is 5.75 Å². The van der Waals surface area contributed by atoms with Crippen LogP contribution in [0.5, 0.6) is 5.75 Å². The molecule has 0 aromatic heterocycles. The number of alkyl halides is 2. The van der Waals surface area contributed by atoms with Crippen molar-refractivity contribution in [1.29, 1.82) is 0 Å². The topological polar surface area (TPSA) is 42.0 Å². The summed E-state index contributed by atoms with van der Waals surface area (Å²) in [5.74, 6) is 0.325. The fraction of sp³-hybridized carbons (Fsp3) is 0.611. The highest BCUT2D eigenvalue weighted by molar-refractivity contribution is 5.77. The van der Waals surface area contributed by atoms with Gasteiger partial charge in [-0.3, -0.25) is 9.69 Å². The minimum atomic E-state index is -2.80. The molecule has 5 nitrogen and oxygen atoms in total. The molecule has 0 radical (unpaired) electrons. The number of amides is 1. The summed E-state index contributed by atoms with van der Waals surface area (Å²) in [6.45, 7) is 0.897. The second-order valence-corrected chi connectivity index (χ2v) is 6.82. The zero-order chi connectivity index (χ0) is 17.9. The van der Waals surface area contributed by atoms with Crippen LogP contribution in [0.25, 0.3) is 0 Å². The first-order chi connectivity index (χ1) is 12.0. The summed E-state index contributed by atoms with van der Waals surface area (Å²) in [7, 11) is 1.82. The van der Waals surface area contributed by atoms with Crippen molar-refractivity contribution in [3.63, 3.8) is 0 Å². The first kappa shape index (κ1) is 18.1. The average molecular weight is 354 g/mol. The third kappa shape index (κ3) is 4.67. The fourth-order valence-corrected chi connectivity index (χ4v) is 3.46. The van der Waals surface area contributed by atoms with E-state index in [9.17, 15) is 13.6 Å². The van der Waals surface area contributed by atoms with Crippen molar-refractivity contribution in [1.82, 2.24) is 9.80 Å². The predicted molar refractivity (Wildman–Crippen MR) is 88.5 cm³/mol. The predicted octanol–water partition coefficient (Wildman–Crippen LogP) is 2.50. The summed E-state index contributed by atoms with van der Waals surface area (Å²) >= 11 is 0. The van der Waals surface area contributed by atoms with E-state index in [0.717, 1.165) is 38.0 Å². The lowest BCUT2D eigenvalue weighted by Gasteiger charge is -2.40. The highest BCUT2D eigenvalue weighted by atomic mass is 19.3. The molecule has 7 heteroatoms. The van der Waals surface area contributed by atoms with Gasteiger partial charge in [-0.15, -0.1) is 0 Å². The van der Waals surface area contributed by atoms with Crippen LogP contribution in [0.3, 0.4) is 0 Å². The number of carbonyl (C=O) groups is 1. The molecular weight excluding hydrogens is 330 g/mol. The normalized spacial score (nSPS) is 21.6. The third-order valence-electron chi connectivity index (χ3n) is 5.06. The monoisotopic (exact) mass is 354 g/mol. The average Bonchev–Trinajstić information content (AvgIpc) is 2.71. The van der Waals surface area contributed by atoms with Crippen molar-refractivity contribution in [2.45, 2.75) is 38.0 Å². The number of carbonyl (C=O) groups excluding carboxylic acids is 1. The van der Waals surface area contributed by atoms with Gasteiger partial charge in [0.05, 0.1) is 18.6 Å². The Hall–Kier alpha value is -1.73. The summed E-state index contributed by atoms with van der Waals surface area (Å²) in [6, 6.07) is 6.75. The maximum absolute atomic E-state index is 12.2. The molecule has 1 spiro atoms. The molecule has 3 rings (SSSR count). The Morgan fingerprint density at radius 3 is 2.52 bits per heavy atom. The molecular formula is C18H24F2N2O3. The third-order valence-corrected chi connectivity index (χ3v) is 5.06. The minimum absolute atomic E-state index is 0.153. The molecule has 0 aliphatic carbocycles. The maximum Gasteiger partial charge on any atom is 0.387 e. The number of likely N-dealkylation sites (tertiary alicyclic amines) is 1. The molecule has 1 aromatic carbocycles. The van der Waals surface area contributed by atoms with Crippen molar-refractivity contribution in [3.05, 3.63) is 29.8 Å². The Labute approximate surface area is 146 Å². The van der Waals surface area contributed by atoms with E-state index in [1.54, 1.807) is 17.0 Å².